The van der Waals surface area contributed by atoms with E-state index >= 15 is 0 Å². The molecular weight excluding hydrogens is 475 g/mol. The number of aromatic carboxylic acids is 1. The van der Waals surface area contributed by atoms with Crippen LogP contribution in [0.5, 0.6) is 0 Å². The molecule has 1 fully saturated rings. The fourth-order valence-electron chi connectivity index (χ4n) is 4.65. The van der Waals surface area contributed by atoms with Gasteiger partial charge in [0.05, 0.1) is 31.0 Å². The van der Waals surface area contributed by atoms with Gasteiger partial charge in [0.15, 0.2) is 0 Å². The van der Waals surface area contributed by atoms with Gasteiger partial charge in [0, 0.05) is 18.8 Å². The van der Waals surface area contributed by atoms with Crippen LogP contribution < -0.4 is 5.32 Å². The number of ether oxygens (including phenoxy) is 2. The molecule has 0 radical (unpaired) electrons. The highest BCUT2D eigenvalue weighted by Crippen LogP contribution is 2.25. The Hall–Kier alpha value is -2.97. The number of aryl methyl sites for hydroxylation is 1. The Bertz CT molecular complexity index is 1050. The summed E-state index contributed by atoms with van der Waals surface area (Å²) in [6.07, 6.45) is 4.48. The van der Waals surface area contributed by atoms with E-state index in [1.54, 1.807) is 36.1 Å². The first-order valence-corrected chi connectivity index (χ1v) is 13.1. The van der Waals surface area contributed by atoms with Crippen LogP contribution in [0.3, 0.4) is 0 Å². The molecule has 1 saturated carbocycles. The van der Waals surface area contributed by atoms with Gasteiger partial charge in [-0.05, 0) is 67.9 Å². The van der Waals surface area contributed by atoms with Crippen LogP contribution in [0.2, 0.25) is 0 Å². The van der Waals surface area contributed by atoms with Gasteiger partial charge >= 0.3 is 12.0 Å². The quantitative estimate of drug-likeness (QED) is 0.349. The molecule has 8 heteroatoms. The fourth-order valence-corrected chi connectivity index (χ4v) is 4.65. The minimum atomic E-state index is -0.940. The Morgan fingerprint density at radius 1 is 1.16 bits per heavy atom. The van der Waals surface area contributed by atoms with Crippen molar-refractivity contribution in [2.24, 2.45) is 5.92 Å². The Morgan fingerprint density at radius 3 is 2.59 bits per heavy atom. The lowest BCUT2D eigenvalue weighted by Crippen LogP contribution is -2.41. The number of hydrogen-bond donors (Lipinski definition) is 2. The minimum Gasteiger partial charge on any atom is -0.478 e. The first kappa shape index (κ1) is 28.6. The Kier molecular flexibility index (Phi) is 10.9. The zero-order valence-corrected chi connectivity index (χ0v) is 22.0. The summed E-state index contributed by atoms with van der Waals surface area (Å²) < 4.78 is 25.8. The molecule has 2 aromatic rings. The third-order valence-electron chi connectivity index (χ3n) is 6.93. The summed E-state index contributed by atoms with van der Waals surface area (Å²) in [6.45, 7) is 7.63. The van der Waals surface area contributed by atoms with Gasteiger partial charge < -0.3 is 24.8 Å². The maximum atomic E-state index is 13.5. The van der Waals surface area contributed by atoms with Gasteiger partial charge in [-0.15, -0.1) is 0 Å². The average Bonchev–Trinajstić information content (AvgIpc) is 2.86. The lowest BCUT2D eigenvalue weighted by molar-refractivity contribution is -0.0525. The van der Waals surface area contributed by atoms with E-state index in [9.17, 15) is 19.1 Å². The molecule has 1 aliphatic carbocycles. The summed E-state index contributed by atoms with van der Waals surface area (Å²) >= 11 is 0. The first-order chi connectivity index (χ1) is 17.8. The number of carboxylic acids is 1. The third kappa shape index (κ3) is 8.83. The molecule has 2 N–H and O–H groups in total. The van der Waals surface area contributed by atoms with Gasteiger partial charge in [0.1, 0.15) is 5.82 Å². The normalized spacial score (nSPS) is 18.3. The molecule has 0 saturated heterocycles. The number of halogens is 1. The van der Waals surface area contributed by atoms with E-state index in [0.29, 0.717) is 42.4 Å². The standard InChI is InChI=1S/C29H39FN2O5/c1-4-20(2)18-32(29(35)31-24-11-6-10-23(30)16-24)14-15-36-25-12-7-13-26(17-25)37-19-22-9-5-8-21(3)27(22)28(33)34/h5-6,8-11,16,20,25-26H,4,7,12-15,17-19H2,1-3H3,(H,31,35)(H,33,34). The van der Waals surface area contributed by atoms with Crippen LogP contribution in [-0.2, 0) is 16.1 Å². The van der Waals surface area contributed by atoms with E-state index in [1.807, 2.05) is 6.07 Å². The number of amides is 2. The van der Waals surface area contributed by atoms with Crippen molar-refractivity contribution in [3.63, 3.8) is 0 Å². The summed E-state index contributed by atoms with van der Waals surface area (Å²) in [5, 5.41) is 12.3. The third-order valence-corrected chi connectivity index (χ3v) is 6.93. The second kappa shape index (κ2) is 14.1. The van der Waals surface area contributed by atoms with Crippen molar-refractivity contribution in [1.29, 1.82) is 0 Å². The van der Waals surface area contributed by atoms with Crippen LogP contribution >= 0.6 is 0 Å². The zero-order valence-electron chi connectivity index (χ0n) is 22.0. The van der Waals surface area contributed by atoms with E-state index in [1.165, 1.54) is 12.1 Å². The Balaban J connectivity index is 1.50. The summed E-state index contributed by atoms with van der Waals surface area (Å²) in [5.41, 5.74) is 2.14. The van der Waals surface area contributed by atoms with Crippen molar-refractivity contribution in [3.05, 3.63) is 65.0 Å². The SMILES string of the molecule is CCC(C)CN(CCOC1CCCC(OCc2cccc(C)c2C(=O)O)C1)C(=O)Nc1cccc(F)c1. The van der Waals surface area contributed by atoms with E-state index in [4.69, 9.17) is 9.47 Å². The van der Waals surface area contributed by atoms with Crippen LogP contribution in [0.1, 0.15) is 67.4 Å². The predicted molar refractivity (Wildman–Crippen MR) is 141 cm³/mol. The molecule has 1 aliphatic rings. The molecular formula is C29H39FN2O5. The van der Waals surface area contributed by atoms with Gasteiger partial charge in [0.25, 0.3) is 0 Å². The first-order valence-electron chi connectivity index (χ1n) is 13.1. The van der Waals surface area contributed by atoms with Gasteiger partial charge in [-0.1, -0.05) is 44.5 Å². The van der Waals surface area contributed by atoms with Crippen molar-refractivity contribution < 1.29 is 28.6 Å². The van der Waals surface area contributed by atoms with E-state index in [-0.39, 0.29) is 24.8 Å². The molecule has 3 rings (SSSR count). The number of anilines is 1. The molecule has 0 aromatic heterocycles. The van der Waals surface area contributed by atoms with Crippen LogP contribution in [0, 0.1) is 18.7 Å². The molecule has 3 atom stereocenters. The van der Waals surface area contributed by atoms with Crippen LogP contribution in [0.4, 0.5) is 14.9 Å². The van der Waals surface area contributed by atoms with Crippen molar-refractivity contribution >= 4 is 17.7 Å². The van der Waals surface area contributed by atoms with E-state index in [0.717, 1.165) is 37.7 Å². The summed E-state index contributed by atoms with van der Waals surface area (Å²) in [6, 6.07) is 11.0. The van der Waals surface area contributed by atoms with E-state index in [2.05, 4.69) is 19.2 Å². The zero-order chi connectivity index (χ0) is 26.8. The van der Waals surface area contributed by atoms with Crippen molar-refractivity contribution in [1.82, 2.24) is 4.90 Å². The van der Waals surface area contributed by atoms with Crippen molar-refractivity contribution in [2.75, 3.05) is 25.0 Å². The second-order valence-electron chi connectivity index (χ2n) is 9.91. The number of urea groups is 1. The lowest BCUT2D eigenvalue weighted by Gasteiger charge is -2.31. The number of nitrogens with zero attached hydrogens (tertiary/aromatic N) is 1. The highest BCUT2D eigenvalue weighted by Gasteiger charge is 2.25. The van der Waals surface area contributed by atoms with Gasteiger partial charge in [-0.2, -0.15) is 0 Å². The Morgan fingerprint density at radius 2 is 1.89 bits per heavy atom. The van der Waals surface area contributed by atoms with Crippen molar-refractivity contribution in [2.45, 2.75) is 71.7 Å². The number of rotatable bonds is 12. The topological polar surface area (TPSA) is 88.1 Å². The largest absolute Gasteiger partial charge is 0.478 e. The summed E-state index contributed by atoms with van der Waals surface area (Å²) in [7, 11) is 0. The van der Waals surface area contributed by atoms with Crippen molar-refractivity contribution in [3.8, 4) is 0 Å². The van der Waals surface area contributed by atoms with Gasteiger partial charge in [-0.3, -0.25) is 0 Å². The number of carboxylic acid groups (broad SMARTS) is 1. The molecule has 2 aromatic carbocycles. The molecule has 3 unspecified atom stereocenters. The molecule has 2 amide bonds. The predicted octanol–water partition coefficient (Wildman–Crippen LogP) is 6.26. The summed E-state index contributed by atoms with van der Waals surface area (Å²) in [4.78, 5) is 26.3. The van der Waals surface area contributed by atoms with E-state index < -0.39 is 11.8 Å². The molecule has 0 spiro atoms. The molecule has 0 heterocycles. The van der Waals surface area contributed by atoms with Crippen LogP contribution in [0.15, 0.2) is 42.5 Å². The Labute approximate surface area is 219 Å². The lowest BCUT2D eigenvalue weighted by atomic mass is 9.94. The maximum Gasteiger partial charge on any atom is 0.336 e. The smallest absolute Gasteiger partial charge is 0.336 e. The highest BCUT2D eigenvalue weighted by atomic mass is 19.1. The molecule has 0 bridgehead atoms. The number of carbonyl (C=O) groups is 2. The monoisotopic (exact) mass is 514 g/mol. The highest BCUT2D eigenvalue weighted by molar-refractivity contribution is 5.91. The summed E-state index contributed by atoms with van der Waals surface area (Å²) in [5.74, 6) is -1.02. The fraction of sp³-hybridized carbons (Fsp3) is 0.517. The number of benzene rings is 2. The van der Waals surface area contributed by atoms with Crippen LogP contribution in [-0.4, -0.2) is 53.9 Å². The molecule has 7 nitrogen and oxygen atoms in total. The van der Waals surface area contributed by atoms with Crippen LogP contribution in [0.25, 0.3) is 0 Å². The molecule has 0 aliphatic heterocycles. The van der Waals surface area contributed by atoms with Gasteiger partial charge in [-0.25, -0.2) is 14.0 Å². The minimum absolute atomic E-state index is 0.00611. The molecule has 37 heavy (non-hydrogen) atoms. The van der Waals surface area contributed by atoms with Gasteiger partial charge in [0.2, 0.25) is 0 Å². The maximum absolute atomic E-state index is 13.5. The number of hydrogen-bond acceptors (Lipinski definition) is 4. The number of carbonyl (C=O) groups excluding carboxylic acids is 1. The second-order valence-corrected chi connectivity index (χ2v) is 9.91. The molecule has 202 valence electrons. The number of nitrogens with one attached hydrogen (secondary N) is 1. The average molecular weight is 515 g/mol.